The van der Waals surface area contributed by atoms with Gasteiger partial charge in [-0.25, -0.2) is 9.59 Å². The minimum absolute atomic E-state index is 0.102. The zero-order valence-electron chi connectivity index (χ0n) is 15.6. The number of nitrogens with zero attached hydrogens (tertiary/aromatic N) is 2. The van der Waals surface area contributed by atoms with Crippen LogP contribution in [0.15, 0.2) is 30.0 Å². The first-order valence-electron chi connectivity index (χ1n) is 9.16. The fourth-order valence-electron chi connectivity index (χ4n) is 3.82. The average Bonchev–Trinajstić information content (AvgIpc) is 2.96. The first-order valence-corrected chi connectivity index (χ1v) is 9.16. The van der Waals surface area contributed by atoms with Crippen LogP contribution >= 0.6 is 0 Å². The summed E-state index contributed by atoms with van der Waals surface area (Å²) in [4.78, 5) is 41.8. The molecule has 2 fully saturated rings. The predicted molar refractivity (Wildman–Crippen MR) is 100 cm³/mol. The van der Waals surface area contributed by atoms with Crippen molar-refractivity contribution in [1.29, 1.82) is 0 Å². The number of rotatable bonds is 7. The largest absolute Gasteiger partial charge is 0.480 e. The smallest absolute Gasteiger partial charge is 0.407 e. The molecule has 150 valence electrons. The van der Waals surface area contributed by atoms with Gasteiger partial charge in [-0.1, -0.05) is 13.0 Å². The number of pyridine rings is 1. The maximum Gasteiger partial charge on any atom is 0.407 e. The van der Waals surface area contributed by atoms with Crippen molar-refractivity contribution in [2.45, 2.75) is 31.8 Å². The number of fused-ring (bicyclic) bond motifs is 1. The summed E-state index contributed by atoms with van der Waals surface area (Å²) in [6.45, 7) is 2.46. The van der Waals surface area contributed by atoms with Crippen LogP contribution in [0.5, 0.6) is 0 Å². The van der Waals surface area contributed by atoms with Crippen LogP contribution in [-0.2, 0) is 14.3 Å². The highest BCUT2D eigenvalue weighted by Gasteiger charge is 2.62. The number of alkyl carbamates (subject to hydrolysis) is 1. The van der Waals surface area contributed by atoms with Crippen molar-refractivity contribution < 1.29 is 24.2 Å². The van der Waals surface area contributed by atoms with Crippen molar-refractivity contribution in [3.05, 3.63) is 35.7 Å². The highest BCUT2D eigenvalue weighted by atomic mass is 16.5. The SMILES string of the molecule is C[C@@]1(COC(=O)NCCCN)CC2/C(=C\c3ccccn3)C(=O)N2[C@H]1C(=O)O. The first-order chi connectivity index (χ1) is 13.4. The molecule has 4 N–H and O–H groups in total. The molecule has 0 aromatic carbocycles. The fourth-order valence-corrected chi connectivity index (χ4v) is 3.82. The Bertz CT molecular complexity index is 797. The summed E-state index contributed by atoms with van der Waals surface area (Å²) in [5.41, 5.74) is 5.65. The van der Waals surface area contributed by atoms with Crippen molar-refractivity contribution in [3.8, 4) is 0 Å². The average molecular weight is 388 g/mol. The quantitative estimate of drug-likeness (QED) is 0.354. The molecule has 0 bridgehead atoms. The van der Waals surface area contributed by atoms with E-state index in [0.29, 0.717) is 37.2 Å². The Labute approximate surface area is 162 Å². The molecular weight excluding hydrogens is 364 g/mol. The number of nitrogens with two attached hydrogens (primary N) is 1. The van der Waals surface area contributed by atoms with Crippen molar-refractivity contribution in [1.82, 2.24) is 15.2 Å². The summed E-state index contributed by atoms with van der Waals surface area (Å²) in [5, 5.41) is 12.3. The van der Waals surface area contributed by atoms with Gasteiger partial charge in [-0.3, -0.25) is 9.78 Å². The van der Waals surface area contributed by atoms with Crippen LogP contribution in [-0.4, -0.2) is 64.7 Å². The molecule has 0 spiro atoms. The second-order valence-electron chi connectivity index (χ2n) is 7.33. The number of carboxylic acids is 1. The maximum atomic E-state index is 12.6. The van der Waals surface area contributed by atoms with Crippen molar-refractivity contribution in [3.63, 3.8) is 0 Å². The Hall–Kier alpha value is -2.94. The van der Waals surface area contributed by atoms with Crippen LogP contribution in [0.4, 0.5) is 4.79 Å². The number of carbonyl (C=O) groups excluding carboxylic acids is 2. The van der Waals surface area contributed by atoms with E-state index in [-0.39, 0.29) is 18.6 Å². The van der Waals surface area contributed by atoms with E-state index in [1.54, 1.807) is 31.3 Å². The monoisotopic (exact) mass is 388 g/mol. The number of amides is 2. The number of hydrogen-bond acceptors (Lipinski definition) is 6. The summed E-state index contributed by atoms with van der Waals surface area (Å²) in [7, 11) is 0. The maximum absolute atomic E-state index is 12.6. The molecule has 9 nitrogen and oxygen atoms in total. The van der Waals surface area contributed by atoms with E-state index in [0.717, 1.165) is 0 Å². The number of hydrogen-bond donors (Lipinski definition) is 3. The van der Waals surface area contributed by atoms with E-state index >= 15 is 0 Å². The van der Waals surface area contributed by atoms with Gasteiger partial charge < -0.3 is 25.8 Å². The van der Waals surface area contributed by atoms with E-state index in [9.17, 15) is 19.5 Å². The minimum Gasteiger partial charge on any atom is -0.480 e. The van der Waals surface area contributed by atoms with Gasteiger partial charge in [0.05, 0.1) is 11.7 Å². The molecule has 0 radical (unpaired) electrons. The van der Waals surface area contributed by atoms with Crippen molar-refractivity contribution >= 4 is 24.0 Å². The van der Waals surface area contributed by atoms with Gasteiger partial charge in [0.25, 0.3) is 5.91 Å². The lowest BCUT2D eigenvalue weighted by molar-refractivity contribution is -0.155. The van der Waals surface area contributed by atoms with Crippen LogP contribution in [0.2, 0.25) is 0 Å². The van der Waals surface area contributed by atoms with Gasteiger partial charge in [-0.05, 0) is 37.6 Å². The molecule has 2 saturated heterocycles. The second-order valence-corrected chi connectivity index (χ2v) is 7.33. The molecule has 3 rings (SSSR count). The number of carbonyl (C=O) groups is 3. The Morgan fingerprint density at radius 1 is 1.50 bits per heavy atom. The molecule has 1 aromatic rings. The topological polar surface area (TPSA) is 135 Å². The number of aromatic nitrogens is 1. The van der Waals surface area contributed by atoms with Crippen molar-refractivity contribution in [2.24, 2.45) is 11.1 Å². The van der Waals surface area contributed by atoms with Gasteiger partial charge in [0, 0.05) is 23.7 Å². The molecule has 28 heavy (non-hydrogen) atoms. The van der Waals surface area contributed by atoms with E-state index in [1.165, 1.54) is 4.90 Å². The predicted octanol–water partition coefficient (Wildman–Crippen LogP) is 0.614. The van der Waals surface area contributed by atoms with Crippen LogP contribution in [0.1, 0.15) is 25.5 Å². The molecule has 9 heteroatoms. The molecule has 2 amide bonds. The zero-order chi connectivity index (χ0) is 20.3. The molecule has 2 aliphatic rings. The van der Waals surface area contributed by atoms with Crippen LogP contribution < -0.4 is 11.1 Å². The molecule has 3 atom stereocenters. The van der Waals surface area contributed by atoms with Crippen LogP contribution in [0, 0.1) is 5.41 Å². The van der Waals surface area contributed by atoms with E-state index in [4.69, 9.17) is 10.5 Å². The van der Waals surface area contributed by atoms with Gasteiger partial charge in [0.2, 0.25) is 0 Å². The van der Waals surface area contributed by atoms with Gasteiger partial charge >= 0.3 is 12.1 Å². The summed E-state index contributed by atoms with van der Waals surface area (Å²) in [6, 6.07) is 3.99. The number of aliphatic carboxylic acids is 1. The molecular formula is C19H24N4O5. The zero-order valence-corrected chi connectivity index (χ0v) is 15.6. The number of β-lactam (4-membered cyclic amide) rings is 1. The van der Waals surface area contributed by atoms with Gasteiger partial charge in [0.1, 0.15) is 12.6 Å². The normalized spacial score (nSPS) is 27.3. The van der Waals surface area contributed by atoms with Crippen LogP contribution in [0.25, 0.3) is 6.08 Å². The van der Waals surface area contributed by atoms with Gasteiger partial charge in [0.15, 0.2) is 0 Å². The molecule has 0 saturated carbocycles. The summed E-state index contributed by atoms with van der Waals surface area (Å²) in [5.74, 6) is -1.43. The van der Waals surface area contributed by atoms with Crippen molar-refractivity contribution in [2.75, 3.05) is 19.7 Å². The molecule has 1 unspecified atom stereocenters. The summed E-state index contributed by atoms with van der Waals surface area (Å²) in [6.07, 6.45) is 3.71. The number of ether oxygens (including phenoxy) is 1. The third-order valence-electron chi connectivity index (χ3n) is 5.18. The Morgan fingerprint density at radius 3 is 2.93 bits per heavy atom. The van der Waals surface area contributed by atoms with Crippen LogP contribution in [0.3, 0.4) is 0 Å². The first kappa shape index (κ1) is 19.8. The van der Waals surface area contributed by atoms with E-state index in [2.05, 4.69) is 10.3 Å². The van der Waals surface area contributed by atoms with E-state index < -0.39 is 23.5 Å². The van der Waals surface area contributed by atoms with E-state index in [1.807, 2.05) is 6.07 Å². The standard InChI is InChI=1S/C19H24N4O5/c1-19(11-28-18(27)22-8-4-6-20)10-14-13(9-12-5-2-3-7-21-12)16(24)23(14)15(19)17(25)26/h2-3,5,7,9,14-15H,4,6,8,10-11,20H2,1H3,(H,22,27)(H,25,26)/b13-9+/t14?,15-,19-/m0/s1. The molecule has 2 aliphatic heterocycles. The van der Waals surface area contributed by atoms with Gasteiger partial charge in [-0.2, -0.15) is 0 Å². The highest BCUT2D eigenvalue weighted by molar-refractivity contribution is 6.08. The second kappa shape index (κ2) is 7.97. The summed E-state index contributed by atoms with van der Waals surface area (Å²) < 4.78 is 5.25. The lowest BCUT2D eigenvalue weighted by Crippen LogP contribution is -2.58. The molecule has 0 aliphatic carbocycles. The Morgan fingerprint density at radius 2 is 2.29 bits per heavy atom. The third-order valence-corrected chi connectivity index (χ3v) is 5.18. The number of carboxylic acid groups (broad SMARTS) is 1. The Kier molecular flexibility index (Phi) is 5.64. The summed E-state index contributed by atoms with van der Waals surface area (Å²) >= 11 is 0. The molecule has 1 aromatic heterocycles. The Balaban J connectivity index is 1.73. The van der Waals surface area contributed by atoms with Gasteiger partial charge in [-0.15, -0.1) is 0 Å². The number of nitrogens with one attached hydrogen (secondary N) is 1. The molecule has 3 heterocycles. The minimum atomic E-state index is -1.11. The highest BCUT2D eigenvalue weighted by Crippen LogP contribution is 2.49. The lowest BCUT2D eigenvalue weighted by atomic mass is 9.81. The lowest BCUT2D eigenvalue weighted by Gasteiger charge is -2.40. The third kappa shape index (κ3) is 3.70. The fraction of sp³-hybridized carbons (Fsp3) is 0.474.